The molecule has 1 aromatic heterocycles. The van der Waals surface area contributed by atoms with Crippen LogP contribution in [-0.2, 0) is 4.79 Å². The maximum Gasteiger partial charge on any atom is 0.232 e. The van der Waals surface area contributed by atoms with Gasteiger partial charge in [-0.3, -0.25) is 4.79 Å². The van der Waals surface area contributed by atoms with E-state index in [1.807, 2.05) is 0 Å². The molecule has 9 heteroatoms. The lowest BCUT2D eigenvalue weighted by atomic mass is 10.1. The molecule has 0 aliphatic carbocycles. The number of hydrogen-bond donors (Lipinski definition) is 0. The van der Waals surface area contributed by atoms with Crippen molar-refractivity contribution in [2.75, 3.05) is 25.7 Å². The minimum atomic E-state index is -0.553. The number of carbonyl (C=O) groups excluding carboxylic acids is 1. The fourth-order valence-corrected chi connectivity index (χ4v) is 3.27. The molecular formula is C20H17F2N3O4. The molecule has 4 rings (SSSR count). The van der Waals surface area contributed by atoms with Crippen LogP contribution >= 0.6 is 0 Å². The highest BCUT2D eigenvalue weighted by Crippen LogP contribution is 2.34. The zero-order valence-electron chi connectivity index (χ0n) is 15.7. The van der Waals surface area contributed by atoms with Gasteiger partial charge in [0.15, 0.2) is 23.1 Å². The summed E-state index contributed by atoms with van der Waals surface area (Å²) < 4.78 is 43.0. The molecule has 29 heavy (non-hydrogen) atoms. The third-order valence-corrected chi connectivity index (χ3v) is 4.77. The number of benzene rings is 2. The molecule has 0 radical (unpaired) electrons. The van der Waals surface area contributed by atoms with E-state index in [1.54, 1.807) is 12.1 Å². The lowest BCUT2D eigenvalue weighted by Crippen LogP contribution is -2.24. The normalized spacial score (nSPS) is 16.3. The second-order valence-corrected chi connectivity index (χ2v) is 6.53. The average molecular weight is 401 g/mol. The number of aromatic nitrogens is 2. The van der Waals surface area contributed by atoms with Crippen LogP contribution in [0.2, 0.25) is 0 Å². The Hall–Kier alpha value is -3.49. The quantitative estimate of drug-likeness (QED) is 0.651. The number of anilines is 1. The lowest BCUT2D eigenvalue weighted by molar-refractivity contribution is -0.117. The summed E-state index contributed by atoms with van der Waals surface area (Å²) in [4.78, 5) is 18.2. The van der Waals surface area contributed by atoms with Gasteiger partial charge < -0.3 is 18.9 Å². The van der Waals surface area contributed by atoms with Crippen molar-refractivity contribution in [1.82, 2.24) is 10.1 Å². The van der Waals surface area contributed by atoms with Gasteiger partial charge in [-0.25, -0.2) is 8.78 Å². The van der Waals surface area contributed by atoms with Crippen molar-refractivity contribution >= 4 is 11.6 Å². The number of hydrogen-bond acceptors (Lipinski definition) is 6. The van der Waals surface area contributed by atoms with Crippen molar-refractivity contribution in [2.45, 2.75) is 12.3 Å². The SMILES string of the molecule is COc1ccc(-c2noc(C3CC(=O)N(c4ccc(OC)c(F)c4)C3)n2)cc1F. The molecule has 1 saturated heterocycles. The molecule has 1 unspecified atom stereocenters. The summed E-state index contributed by atoms with van der Waals surface area (Å²) in [6.45, 7) is 0.267. The van der Waals surface area contributed by atoms with Crippen molar-refractivity contribution in [1.29, 1.82) is 0 Å². The Morgan fingerprint density at radius 1 is 1.07 bits per heavy atom. The van der Waals surface area contributed by atoms with E-state index in [4.69, 9.17) is 14.0 Å². The van der Waals surface area contributed by atoms with E-state index in [-0.39, 0.29) is 48.0 Å². The van der Waals surface area contributed by atoms with Gasteiger partial charge in [-0.2, -0.15) is 4.98 Å². The molecule has 0 N–H and O–H groups in total. The third-order valence-electron chi connectivity index (χ3n) is 4.77. The number of rotatable bonds is 5. The van der Waals surface area contributed by atoms with E-state index in [1.165, 1.54) is 43.4 Å². The zero-order chi connectivity index (χ0) is 20.5. The first-order valence-corrected chi connectivity index (χ1v) is 8.81. The van der Waals surface area contributed by atoms with Gasteiger partial charge in [0, 0.05) is 30.3 Å². The van der Waals surface area contributed by atoms with Crippen LogP contribution in [0.5, 0.6) is 11.5 Å². The number of nitrogens with zero attached hydrogens (tertiary/aromatic N) is 3. The molecule has 0 spiro atoms. The Labute approximate surface area is 164 Å². The topological polar surface area (TPSA) is 77.7 Å². The summed E-state index contributed by atoms with van der Waals surface area (Å²) in [5.41, 5.74) is 0.851. The van der Waals surface area contributed by atoms with Gasteiger partial charge in [0.2, 0.25) is 17.6 Å². The standard InChI is InChI=1S/C20H17F2N3O4/c1-27-16-5-3-11(7-14(16)21)19-23-20(29-24-19)12-8-18(26)25(10-12)13-4-6-17(28-2)15(22)9-13/h3-7,9,12H,8,10H2,1-2H3. The van der Waals surface area contributed by atoms with Crippen molar-refractivity contribution in [3.05, 3.63) is 53.9 Å². The van der Waals surface area contributed by atoms with Crippen molar-refractivity contribution in [3.8, 4) is 22.9 Å². The fraction of sp³-hybridized carbons (Fsp3) is 0.250. The van der Waals surface area contributed by atoms with Gasteiger partial charge in [0.05, 0.1) is 20.1 Å². The smallest absolute Gasteiger partial charge is 0.232 e. The van der Waals surface area contributed by atoms with Crippen LogP contribution < -0.4 is 14.4 Å². The molecule has 0 saturated carbocycles. The Bertz CT molecular complexity index is 1070. The van der Waals surface area contributed by atoms with Crippen molar-refractivity contribution in [2.24, 2.45) is 0 Å². The summed E-state index contributed by atoms with van der Waals surface area (Å²) >= 11 is 0. The number of halogens is 2. The number of methoxy groups -OCH3 is 2. The zero-order valence-corrected chi connectivity index (χ0v) is 15.7. The third kappa shape index (κ3) is 3.51. The Morgan fingerprint density at radius 3 is 2.41 bits per heavy atom. The molecule has 1 atom stereocenters. The van der Waals surface area contributed by atoms with Gasteiger partial charge in [0.25, 0.3) is 0 Å². The van der Waals surface area contributed by atoms with Crippen LogP contribution in [0.15, 0.2) is 40.9 Å². The van der Waals surface area contributed by atoms with Gasteiger partial charge in [-0.15, -0.1) is 0 Å². The molecule has 150 valence electrons. The van der Waals surface area contributed by atoms with Crippen molar-refractivity contribution < 1.29 is 27.6 Å². The molecule has 1 aliphatic rings. The molecule has 0 bridgehead atoms. The summed E-state index contributed by atoms with van der Waals surface area (Å²) in [6.07, 6.45) is 0.145. The summed E-state index contributed by atoms with van der Waals surface area (Å²) in [5.74, 6) is -0.940. The van der Waals surface area contributed by atoms with Gasteiger partial charge >= 0.3 is 0 Å². The van der Waals surface area contributed by atoms with Crippen LogP contribution in [0.25, 0.3) is 11.4 Å². The maximum absolute atomic E-state index is 14.0. The number of carbonyl (C=O) groups is 1. The minimum absolute atomic E-state index is 0.102. The van der Waals surface area contributed by atoms with E-state index in [2.05, 4.69) is 10.1 Å². The molecule has 1 aliphatic heterocycles. The van der Waals surface area contributed by atoms with E-state index in [0.717, 1.165) is 0 Å². The Morgan fingerprint density at radius 2 is 1.76 bits per heavy atom. The van der Waals surface area contributed by atoms with Crippen LogP contribution in [0.3, 0.4) is 0 Å². The Kier molecular flexibility index (Phi) is 4.87. The first kappa shape index (κ1) is 18.9. The van der Waals surface area contributed by atoms with E-state index in [9.17, 15) is 13.6 Å². The number of ether oxygens (including phenoxy) is 2. The predicted molar refractivity (Wildman–Crippen MR) is 98.9 cm³/mol. The van der Waals surface area contributed by atoms with Crippen molar-refractivity contribution in [3.63, 3.8) is 0 Å². The lowest BCUT2D eigenvalue weighted by Gasteiger charge is -2.16. The molecule has 1 amide bonds. The van der Waals surface area contributed by atoms with Crippen LogP contribution in [-0.4, -0.2) is 36.8 Å². The van der Waals surface area contributed by atoms with E-state index in [0.29, 0.717) is 11.3 Å². The maximum atomic E-state index is 14.0. The predicted octanol–water partition coefficient (Wildman–Crippen LogP) is 3.55. The minimum Gasteiger partial charge on any atom is -0.494 e. The molecule has 1 fully saturated rings. The number of amides is 1. The molecule has 3 aromatic rings. The van der Waals surface area contributed by atoms with Crippen LogP contribution in [0, 0.1) is 11.6 Å². The first-order chi connectivity index (χ1) is 14.0. The summed E-state index contributed by atoms with van der Waals surface area (Å²) in [5, 5.41) is 3.89. The highest BCUT2D eigenvalue weighted by Gasteiger charge is 2.35. The highest BCUT2D eigenvalue weighted by atomic mass is 19.1. The largest absolute Gasteiger partial charge is 0.494 e. The van der Waals surface area contributed by atoms with E-state index >= 15 is 0 Å². The van der Waals surface area contributed by atoms with E-state index < -0.39 is 11.6 Å². The second kappa shape index (κ2) is 7.50. The summed E-state index contributed by atoms with van der Waals surface area (Å²) in [7, 11) is 2.75. The van der Waals surface area contributed by atoms with Crippen LogP contribution in [0.4, 0.5) is 14.5 Å². The van der Waals surface area contributed by atoms with Gasteiger partial charge in [0.1, 0.15) is 0 Å². The van der Waals surface area contributed by atoms with Crippen LogP contribution in [0.1, 0.15) is 18.2 Å². The van der Waals surface area contributed by atoms with Gasteiger partial charge in [-0.05, 0) is 30.3 Å². The van der Waals surface area contributed by atoms with Gasteiger partial charge in [-0.1, -0.05) is 5.16 Å². The molecular weight excluding hydrogens is 384 g/mol. The monoisotopic (exact) mass is 401 g/mol. The molecule has 2 aromatic carbocycles. The highest BCUT2D eigenvalue weighted by molar-refractivity contribution is 5.96. The first-order valence-electron chi connectivity index (χ1n) is 8.81. The fourth-order valence-electron chi connectivity index (χ4n) is 3.27. The second-order valence-electron chi connectivity index (χ2n) is 6.53. The Balaban J connectivity index is 1.54. The molecule has 7 nitrogen and oxygen atoms in total. The molecule has 2 heterocycles. The average Bonchev–Trinajstić information content (AvgIpc) is 3.35. The summed E-state index contributed by atoms with van der Waals surface area (Å²) in [6, 6.07) is 8.66.